The average Bonchev–Trinajstić information content (AvgIpc) is 2.39. The van der Waals surface area contributed by atoms with Crippen molar-refractivity contribution in [3.05, 3.63) is 23.0 Å². The maximum Gasteiger partial charge on any atom is 0.0677 e. The van der Waals surface area contributed by atoms with Crippen molar-refractivity contribution in [3.8, 4) is 0 Å². The highest BCUT2D eigenvalue weighted by Gasteiger charge is 2.16. The average molecular weight is 251 g/mol. The van der Waals surface area contributed by atoms with Crippen LogP contribution in [0.15, 0.2) is 6.07 Å². The van der Waals surface area contributed by atoms with Crippen molar-refractivity contribution in [2.24, 2.45) is 0 Å². The fourth-order valence-corrected chi connectivity index (χ4v) is 1.92. The molecular weight excluding hydrogens is 226 g/mol. The van der Waals surface area contributed by atoms with Crippen LogP contribution in [0.3, 0.4) is 0 Å². The summed E-state index contributed by atoms with van der Waals surface area (Å²) in [5.41, 5.74) is 3.25. The molecule has 0 aliphatic carbocycles. The Labute approximate surface area is 110 Å². The molecule has 1 atom stereocenters. The van der Waals surface area contributed by atoms with E-state index >= 15 is 0 Å². The molecule has 1 rings (SSSR count). The van der Waals surface area contributed by atoms with E-state index < -0.39 is 0 Å². The topological polar surface area (TPSA) is 47.0 Å². The summed E-state index contributed by atoms with van der Waals surface area (Å²) in [4.78, 5) is 0. The Balaban J connectivity index is 2.90. The predicted molar refractivity (Wildman–Crippen MR) is 73.7 cm³/mol. The zero-order chi connectivity index (χ0) is 13.4. The first-order chi connectivity index (χ1) is 8.72. The molecule has 4 nitrogen and oxygen atoms in total. The molecule has 1 aromatic heterocycles. The molecule has 0 saturated heterocycles. The maximum absolute atomic E-state index is 5.58. The van der Waals surface area contributed by atoms with Crippen molar-refractivity contribution in [1.29, 1.82) is 0 Å². The van der Waals surface area contributed by atoms with Crippen LogP contribution in [0.25, 0.3) is 0 Å². The lowest BCUT2D eigenvalue weighted by Gasteiger charge is -2.20. The van der Waals surface area contributed by atoms with Crippen LogP contribution in [0.5, 0.6) is 0 Å². The summed E-state index contributed by atoms with van der Waals surface area (Å²) < 4.78 is 5.58. The van der Waals surface area contributed by atoms with E-state index in [4.69, 9.17) is 4.74 Å². The van der Waals surface area contributed by atoms with Gasteiger partial charge >= 0.3 is 0 Å². The number of aryl methyl sites for hydroxylation is 2. The Morgan fingerprint density at radius 2 is 2.06 bits per heavy atom. The van der Waals surface area contributed by atoms with Crippen LogP contribution in [0, 0.1) is 6.92 Å². The van der Waals surface area contributed by atoms with Crippen molar-refractivity contribution in [1.82, 2.24) is 15.5 Å². The van der Waals surface area contributed by atoms with E-state index in [0.29, 0.717) is 6.61 Å². The van der Waals surface area contributed by atoms with Gasteiger partial charge in [0.05, 0.1) is 24.0 Å². The number of ether oxygens (including phenoxy) is 1. The van der Waals surface area contributed by atoms with Gasteiger partial charge < -0.3 is 10.1 Å². The molecule has 1 N–H and O–H groups in total. The molecule has 1 aromatic rings. The highest BCUT2D eigenvalue weighted by molar-refractivity contribution is 5.25. The van der Waals surface area contributed by atoms with Crippen LogP contribution in [0.1, 0.15) is 50.2 Å². The lowest BCUT2D eigenvalue weighted by Crippen LogP contribution is -2.28. The Morgan fingerprint density at radius 3 is 2.67 bits per heavy atom. The van der Waals surface area contributed by atoms with Gasteiger partial charge in [-0.15, -0.1) is 0 Å². The number of hydrogen-bond donors (Lipinski definition) is 1. The fraction of sp³-hybridized carbons (Fsp3) is 0.714. The number of hydrogen-bond acceptors (Lipinski definition) is 4. The molecular formula is C14H25N3O. The van der Waals surface area contributed by atoms with E-state index in [1.807, 2.05) is 13.8 Å². The van der Waals surface area contributed by atoms with Crippen molar-refractivity contribution in [2.45, 2.75) is 46.6 Å². The fourth-order valence-electron chi connectivity index (χ4n) is 1.92. The molecule has 0 aliphatic rings. The summed E-state index contributed by atoms with van der Waals surface area (Å²) in [5.74, 6) is 0. The summed E-state index contributed by atoms with van der Waals surface area (Å²) in [6.07, 6.45) is 2.01. The monoisotopic (exact) mass is 251 g/mol. The van der Waals surface area contributed by atoms with E-state index in [0.717, 1.165) is 37.4 Å². The lowest BCUT2D eigenvalue weighted by atomic mass is 10.0. The van der Waals surface area contributed by atoms with Crippen molar-refractivity contribution < 1.29 is 4.74 Å². The maximum atomic E-state index is 5.58. The van der Waals surface area contributed by atoms with Crippen LogP contribution in [0.4, 0.5) is 0 Å². The molecule has 0 amide bonds. The third kappa shape index (κ3) is 4.35. The highest BCUT2D eigenvalue weighted by Crippen LogP contribution is 2.18. The summed E-state index contributed by atoms with van der Waals surface area (Å²) in [6.45, 7) is 10.7. The first-order valence-electron chi connectivity index (χ1n) is 6.87. The third-order valence-corrected chi connectivity index (χ3v) is 2.87. The molecule has 18 heavy (non-hydrogen) atoms. The second-order valence-corrected chi connectivity index (χ2v) is 4.41. The van der Waals surface area contributed by atoms with Gasteiger partial charge in [0.25, 0.3) is 0 Å². The minimum atomic E-state index is 0.217. The van der Waals surface area contributed by atoms with E-state index in [2.05, 4.69) is 35.4 Å². The quantitative estimate of drug-likeness (QED) is 0.771. The molecule has 4 heteroatoms. The molecule has 0 aliphatic heterocycles. The standard InChI is InChI=1S/C14H25N3O/c1-5-8-15-14(10-18-7-3)12-9-11(4)16-17-13(12)6-2/h9,14-15H,5-8,10H2,1-4H3. The lowest BCUT2D eigenvalue weighted by molar-refractivity contribution is 0.122. The summed E-state index contributed by atoms with van der Waals surface area (Å²) in [5, 5.41) is 12.0. The van der Waals surface area contributed by atoms with E-state index in [1.54, 1.807) is 0 Å². The van der Waals surface area contributed by atoms with Gasteiger partial charge in [-0.1, -0.05) is 13.8 Å². The van der Waals surface area contributed by atoms with E-state index in [-0.39, 0.29) is 6.04 Å². The first-order valence-corrected chi connectivity index (χ1v) is 6.87. The van der Waals surface area contributed by atoms with Crippen molar-refractivity contribution in [3.63, 3.8) is 0 Å². The molecule has 102 valence electrons. The largest absolute Gasteiger partial charge is 0.380 e. The van der Waals surface area contributed by atoms with E-state index in [9.17, 15) is 0 Å². The summed E-state index contributed by atoms with van der Waals surface area (Å²) >= 11 is 0. The molecule has 0 saturated carbocycles. The van der Waals surface area contributed by atoms with Crippen molar-refractivity contribution >= 4 is 0 Å². The highest BCUT2D eigenvalue weighted by atomic mass is 16.5. The molecule has 0 spiro atoms. The van der Waals surface area contributed by atoms with E-state index in [1.165, 1.54) is 5.56 Å². The van der Waals surface area contributed by atoms with Gasteiger partial charge in [0.1, 0.15) is 0 Å². The minimum Gasteiger partial charge on any atom is -0.380 e. The minimum absolute atomic E-state index is 0.217. The Kier molecular flexibility index (Phi) is 6.83. The van der Waals surface area contributed by atoms with Gasteiger partial charge in [-0.3, -0.25) is 0 Å². The van der Waals surface area contributed by atoms with Crippen molar-refractivity contribution in [2.75, 3.05) is 19.8 Å². The third-order valence-electron chi connectivity index (χ3n) is 2.87. The van der Waals surface area contributed by atoms with Crippen LogP contribution >= 0.6 is 0 Å². The number of aromatic nitrogens is 2. The molecule has 1 heterocycles. The molecule has 0 fully saturated rings. The second-order valence-electron chi connectivity index (χ2n) is 4.41. The van der Waals surface area contributed by atoms with Gasteiger partial charge in [0.2, 0.25) is 0 Å². The van der Waals surface area contributed by atoms with Gasteiger partial charge in [-0.25, -0.2) is 0 Å². The molecule has 0 radical (unpaired) electrons. The molecule has 0 aromatic carbocycles. The molecule has 0 bridgehead atoms. The Morgan fingerprint density at radius 1 is 1.28 bits per heavy atom. The molecule has 1 unspecified atom stereocenters. The van der Waals surface area contributed by atoms with Crippen LogP contribution < -0.4 is 5.32 Å². The van der Waals surface area contributed by atoms with Gasteiger partial charge in [-0.2, -0.15) is 10.2 Å². The summed E-state index contributed by atoms with van der Waals surface area (Å²) in [7, 11) is 0. The Bertz CT molecular complexity index is 347. The SMILES string of the molecule is CCCNC(COCC)c1cc(C)nnc1CC. The number of rotatable bonds is 8. The Hall–Kier alpha value is -1.00. The van der Waals surface area contributed by atoms with Gasteiger partial charge in [0.15, 0.2) is 0 Å². The zero-order valence-corrected chi connectivity index (χ0v) is 12.0. The van der Waals surface area contributed by atoms with Gasteiger partial charge in [-0.05, 0) is 44.9 Å². The predicted octanol–water partition coefficient (Wildman–Crippen LogP) is 2.42. The number of nitrogens with zero attached hydrogens (tertiary/aromatic N) is 2. The zero-order valence-electron chi connectivity index (χ0n) is 12.0. The second kappa shape index (κ2) is 8.16. The summed E-state index contributed by atoms with van der Waals surface area (Å²) in [6, 6.07) is 2.34. The van der Waals surface area contributed by atoms with Crippen LogP contribution in [-0.2, 0) is 11.2 Å². The smallest absolute Gasteiger partial charge is 0.0677 e. The number of nitrogens with one attached hydrogen (secondary N) is 1. The van der Waals surface area contributed by atoms with Gasteiger partial charge in [0, 0.05) is 6.61 Å². The van der Waals surface area contributed by atoms with Crippen LogP contribution in [-0.4, -0.2) is 30.0 Å². The first kappa shape index (κ1) is 15.1. The van der Waals surface area contributed by atoms with Crippen LogP contribution in [0.2, 0.25) is 0 Å². The normalized spacial score (nSPS) is 12.7.